The lowest BCUT2D eigenvalue weighted by Crippen LogP contribution is -2.06. The molecule has 2 aromatic rings. The minimum atomic E-state index is -0.233. The van der Waals surface area contributed by atoms with E-state index in [1.807, 2.05) is 6.92 Å². The van der Waals surface area contributed by atoms with Gasteiger partial charge in [0.25, 0.3) is 0 Å². The van der Waals surface area contributed by atoms with Crippen molar-refractivity contribution >= 4 is 17.4 Å². The maximum absolute atomic E-state index is 13.5. The molecule has 94 valence electrons. The van der Waals surface area contributed by atoms with Gasteiger partial charge >= 0.3 is 0 Å². The first-order valence-corrected chi connectivity index (χ1v) is 6.06. The fourth-order valence-electron chi connectivity index (χ4n) is 1.68. The smallest absolute Gasteiger partial charge is 0.137 e. The highest BCUT2D eigenvalue weighted by atomic mass is 35.5. The van der Waals surface area contributed by atoms with Crippen LogP contribution >= 0.6 is 11.6 Å². The molecule has 18 heavy (non-hydrogen) atoms. The van der Waals surface area contributed by atoms with Gasteiger partial charge in [0, 0.05) is 17.7 Å². The van der Waals surface area contributed by atoms with Crippen molar-refractivity contribution in [3.05, 3.63) is 52.7 Å². The Morgan fingerprint density at radius 2 is 2.06 bits per heavy atom. The summed E-state index contributed by atoms with van der Waals surface area (Å²) in [6, 6.07) is 6.63. The van der Waals surface area contributed by atoms with Gasteiger partial charge in [0.1, 0.15) is 23.1 Å². The summed E-state index contributed by atoms with van der Waals surface area (Å²) < 4.78 is 13.5. The summed E-state index contributed by atoms with van der Waals surface area (Å²) in [6.45, 7) is 2.34. The highest BCUT2D eigenvalue weighted by Crippen LogP contribution is 2.21. The van der Waals surface area contributed by atoms with Crippen LogP contribution in [0.3, 0.4) is 0 Å². The molecule has 0 aliphatic rings. The Morgan fingerprint density at radius 3 is 2.78 bits per heavy atom. The fraction of sp³-hybridized carbons (Fsp3) is 0.231. The maximum atomic E-state index is 13.5. The van der Waals surface area contributed by atoms with Gasteiger partial charge in [-0.25, -0.2) is 14.4 Å². The highest BCUT2D eigenvalue weighted by Gasteiger charge is 2.08. The highest BCUT2D eigenvalue weighted by molar-refractivity contribution is 6.30. The van der Waals surface area contributed by atoms with E-state index in [9.17, 15) is 4.39 Å². The lowest BCUT2D eigenvalue weighted by Gasteiger charge is -2.10. The van der Waals surface area contributed by atoms with Gasteiger partial charge in [-0.2, -0.15) is 0 Å². The molecule has 0 spiro atoms. The van der Waals surface area contributed by atoms with Gasteiger partial charge in [0.15, 0.2) is 0 Å². The number of nitrogens with zero attached hydrogens (tertiary/aromatic N) is 2. The molecule has 0 bridgehead atoms. The summed E-state index contributed by atoms with van der Waals surface area (Å²) in [5, 5.41) is 3.52. The van der Waals surface area contributed by atoms with Gasteiger partial charge < -0.3 is 5.32 Å². The topological polar surface area (TPSA) is 37.8 Å². The van der Waals surface area contributed by atoms with Crippen LogP contribution in [0.1, 0.15) is 18.1 Å². The molecule has 0 aliphatic heterocycles. The van der Waals surface area contributed by atoms with Crippen LogP contribution in [0.15, 0.2) is 30.6 Å². The van der Waals surface area contributed by atoms with E-state index >= 15 is 0 Å². The molecule has 0 amide bonds. The summed E-state index contributed by atoms with van der Waals surface area (Å²) in [7, 11) is 0. The van der Waals surface area contributed by atoms with Gasteiger partial charge in [-0.1, -0.05) is 36.7 Å². The monoisotopic (exact) mass is 265 g/mol. The molecule has 0 fully saturated rings. The van der Waals surface area contributed by atoms with Gasteiger partial charge in [-0.3, -0.25) is 0 Å². The number of halogens is 2. The SMILES string of the molecule is CCc1c(Cl)ncnc1NCc1ccccc1F. The summed E-state index contributed by atoms with van der Waals surface area (Å²) >= 11 is 5.98. The predicted octanol–water partition coefficient (Wildman–Crippen LogP) is 3.44. The first kappa shape index (κ1) is 12.8. The van der Waals surface area contributed by atoms with E-state index in [2.05, 4.69) is 15.3 Å². The number of hydrogen-bond acceptors (Lipinski definition) is 3. The van der Waals surface area contributed by atoms with Crippen LogP contribution in [0.25, 0.3) is 0 Å². The van der Waals surface area contributed by atoms with Crippen LogP contribution in [-0.4, -0.2) is 9.97 Å². The molecule has 5 heteroatoms. The molecule has 0 saturated carbocycles. The Balaban J connectivity index is 2.16. The Bertz CT molecular complexity index is 546. The van der Waals surface area contributed by atoms with E-state index in [0.29, 0.717) is 23.1 Å². The van der Waals surface area contributed by atoms with Crippen molar-refractivity contribution in [1.82, 2.24) is 9.97 Å². The molecule has 1 aromatic heterocycles. The van der Waals surface area contributed by atoms with Crippen LogP contribution in [0.4, 0.5) is 10.2 Å². The second-order valence-corrected chi connectivity index (χ2v) is 4.15. The van der Waals surface area contributed by atoms with Crippen LogP contribution in [0.5, 0.6) is 0 Å². The van der Waals surface area contributed by atoms with Crippen molar-refractivity contribution in [2.45, 2.75) is 19.9 Å². The summed E-state index contributed by atoms with van der Waals surface area (Å²) in [6.07, 6.45) is 2.12. The van der Waals surface area contributed by atoms with Gasteiger partial charge in [-0.15, -0.1) is 0 Å². The summed E-state index contributed by atoms with van der Waals surface area (Å²) in [5.41, 5.74) is 1.43. The minimum absolute atomic E-state index is 0.233. The average Bonchev–Trinajstić information content (AvgIpc) is 2.38. The average molecular weight is 266 g/mol. The molecule has 0 unspecified atom stereocenters. The maximum Gasteiger partial charge on any atom is 0.137 e. The first-order chi connectivity index (χ1) is 8.72. The molecule has 0 atom stereocenters. The standard InChI is InChI=1S/C13H13ClFN3/c1-2-10-12(14)17-8-18-13(10)16-7-9-5-3-4-6-11(9)15/h3-6,8H,2,7H2,1H3,(H,16,17,18). The van der Waals surface area contributed by atoms with E-state index < -0.39 is 0 Å². The zero-order chi connectivity index (χ0) is 13.0. The van der Waals surface area contributed by atoms with E-state index in [0.717, 1.165) is 12.0 Å². The lowest BCUT2D eigenvalue weighted by atomic mass is 10.2. The van der Waals surface area contributed by atoms with Crippen LogP contribution in [0, 0.1) is 5.82 Å². The summed E-state index contributed by atoms with van der Waals surface area (Å²) in [4.78, 5) is 8.05. The van der Waals surface area contributed by atoms with E-state index in [-0.39, 0.29) is 5.82 Å². The zero-order valence-electron chi connectivity index (χ0n) is 9.95. The molecule has 2 rings (SSSR count). The molecule has 1 N–H and O–H groups in total. The number of hydrogen-bond donors (Lipinski definition) is 1. The molecular formula is C13H13ClFN3. The fourth-order valence-corrected chi connectivity index (χ4v) is 1.94. The van der Waals surface area contributed by atoms with Gasteiger partial charge in [0.2, 0.25) is 0 Å². The normalized spacial score (nSPS) is 10.4. The molecule has 0 radical (unpaired) electrons. The number of anilines is 1. The second kappa shape index (κ2) is 5.78. The van der Waals surface area contributed by atoms with Crippen LogP contribution in [-0.2, 0) is 13.0 Å². The second-order valence-electron chi connectivity index (χ2n) is 3.79. The number of nitrogens with one attached hydrogen (secondary N) is 1. The molecule has 1 aromatic carbocycles. The van der Waals surface area contributed by atoms with E-state index in [4.69, 9.17) is 11.6 Å². The first-order valence-electron chi connectivity index (χ1n) is 5.69. The van der Waals surface area contributed by atoms with Crippen molar-refractivity contribution in [3.8, 4) is 0 Å². The largest absolute Gasteiger partial charge is 0.366 e. The van der Waals surface area contributed by atoms with Gasteiger partial charge in [0.05, 0.1) is 0 Å². The molecular weight excluding hydrogens is 253 g/mol. The number of aromatic nitrogens is 2. The molecule has 0 aliphatic carbocycles. The number of rotatable bonds is 4. The minimum Gasteiger partial charge on any atom is -0.366 e. The Hall–Kier alpha value is -1.68. The summed E-state index contributed by atoms with van der Waals surface area (Å²) in [5.74, 6) is 0.420. The Morgan fingerprint density at radius 1 is 1.28 bits per heavy atom. The van der Waals surface area contributed by atoms with Crippen molar-refractivity contribution < 1.29 is 4.39 Å². The lowest BCUT2D eigenvalue weighted by molar-refractivity contribution is 0.613. The van der Waals surface area contributed by atoms with Crippen molar-refractivity contribution in [2.24, 2.45) is 0 Å². The quantitative estimate of drug-likeness (QED) is 0.861. The zero-order valence-corrected chi connectivity index (χ0v) is 10.7. The van der Waals surface area contributed by atoms with E-state index in [1.165, 1.54) is 12.4 Å². The van der Waals surface area contributed by atoms with Crippen LogP contribution in [0.2, 0.25) is 5.15 Å². The molecule has 1 heterocycles. The van der Waals surface area contributed by atoms with Crippen molar-refractivity contribution in [1.29, 1.82) is 0 Å². The Kier molecular flexibility index (Phi) is 4.10. The third-order valence-corrected chi connectivity index (χ3v) is 2.98. The van der Waals surface area contributed by atoms with Crippen LogP contribution < -0.4 is 5.32 Å². The third-order valence-electron chi connectivity index (χ3n) is 2.65. The molecule has 0 saturated heterocycles. The van der Waals surface area contributed by atoms with E-state index in [1.54, 1.807) is 18.2 Å². The molecule has 3 nitrogen and oxygen atoms in total. The Labute approximate surface area is 110 Å². The van der Waals surface area contributed by atoms with Gasteiger partial charge in [-0.05, 0) is 12.5 Å². The van der Waals surface area contributed by atoms with Crippen molar-refractivity contribution in [2.75, 3.05) is 5.32 Å². The predicted molar refractivity (Wildman–Crippen MR) is 70.1 cm³/mol. The number of benzene rings is 1. The van der Waals surface area contributed by atoms with Crippen molar-refractivity contribution in [3.63, 3.8) is 0 Å². The third kappa shape index (κ3) is 2.76.